The highest BCUT2D eigenvalue weighted by Crippen LogP contribution is 2.18. The lowest BCUT2D eigenvalue weighted by Gasteiger charge is -2.17. The van der Waals surface area contributed by atoms with E-state index in [9.17, 15) is 9.59 Å². The minimum Gasteiger partial charge on any atom is -0.357 e. The largest absolute Gasteiger partial charge is 0.357 e. The van der Waals surface area contributed by atoms with Crippen LogP contribution in [0.5, 0.6) is 0 Å². The summed E-state index contributed by atoms with van der Waals surface area (Å²) < 4.78 is 0. The molecule has 1 aromatic carbocycles. The van der Waals surface area contributed by atoms with Crippen LogP contribution in [0.3, 0.4) is 0 Å². The molecule has 1 aromatic heterocycles. The highest BCUT2D eigenvalue weighted by atomic mass is 35.5. The Hall–Kier alpha value is -2.60. The molecule has 0 radical (unpaired) electrons. The molecular weight excluding hydrogens is 352 g/mol. The second-order valence-corrected chi connectivity index (χ2v) is 6.56. The van der Waals surface area contributed by atoms with Crippen molar-refractivity contribution in [1.82, 2.24) is 15.6 Å². The number of anilines is 1. The van der Waals surface area contributed by atoms with E-state index >= 15 is 0 Å². The molecule has 7 heteroatoms. The first kappa shape index (κ1) is 18.2. The van der Waals surface area contributed by atoms with Gasteiger partial charge in [-0.05, 0) is 42.7 Å². The van der Waals surface area contributed by atoms with Gasteiger partial charge in [0.15, 0.2) is 0 Å². The maximum absolute atomic E-state index is 12.0. The normalized spacial score (nSPS) is 13.5. The Labute approximate surface area is 157 Å². The number of hydrogen-bond acceptors (Lipinski definition) is 4. The summed E-state index contributed by atoms with van der Waals surface area (Å²) in [6.07, 6.45) is 4.13. The number of nitrogens with zero attached hydrogens (tertiary/aromatic N) is 2. The van der Waals surface area contributed by atoms with Gasteiger partial charge in [-0.2, -0.15) is 0 Å². The van der Waals surface area contributed by atoms with Crippen LogP contribution >= 0.6 is 11.6 Å². The lowest BCUT2D eigenvalue weighted by molar-refractivity contribution is -0.120. The third kappa shape index (κ3) is 4.73. The highest BCUT2D eigenvalue weighted by Gasteiger charge is 2.14. The van der Waals surface area contributed by atoms with Crippen molar-refractivity contribution >= 4 is 29.2 Å². The van der Waals surface area contributed by atoms with Crippen molar-refractivity contribution in [2.45, 2.75) is 19.4 Å². The minimum absolute atomic E-state index is 0.103. The molecule has 0 spiro atoms. The van der Waals surface area contributed by atoms with Gasteiger partial charge in [0.2, 0.25) is 5.91 Å². The third-order valence-electron chi connectivity index (χ3n) is 4.26. The molecule has 3 rings (SSSR count). The summed E-state index contributed by atoms with van der Waals surface area (Å²) in [5.74, 6) is 0.317. The van der Waals surface area contributed by atoms with Crippen molar-refractivity contribution in [2.24, 2.45) is 0 Å². The quantitative estimate of drug-likeness (QED) is 0.816. The Morgan fingerprint density at radius 2 is 1.88 bits per heavy atom. The zero-order valence-electron chi connectivity index (χ0n) is 14.4. The van der Waals surface area contributed by atoms with Crippen molar-refractivity contribution in [2.75, 3.05) is 24.5 Å². The molecule has 2 aromatic rings. The van der Waals surface area contributed by atoms with Crippen LogP contribution in [-0.2, 0) is 11.3 Å². The predicted octanol–water partition coefficient (Wildman–Crippen LogP) is 2.38. The van der Waals surface area contributed by atoms with E-state index in [2.05, 4.69) is 20.5 Å². The van der Waals surface area contributed by atoms with E-state index in [0.717, 1.165) is 24.5 Å². The molecule has 1 aliphatic heterocycles. The van der Waals surface area contributed by atoms with Gasteiger partial charge >= 0.3 is 0 Å². The molecule has 1 aliphatic rings. The summed E-state index contributed by atoms with van der Waals surface area (Å²) in [6.45, 7) is 2.34. The Morgan fingerprint density at radius 1 is 1.12 bits per heavy atom. The van der Waals surface area contributed by atoms with Crippen molar-refractivity contribution in [3.8, 4) is 0 Å². The van der Waals surface area contributed by atoms with Gasteiger partial charge in [0.1, 0.15) is 5.82 Å². The average Bonchev–Trinajstić information content (AvgIpc) is 3.20. The maximum atomic E-state index is 12.0. The Bertz CT molecular complexity index is 791. The molecule has 0 unspecified atom stereocenters. The lowest BCUT2D eigenvalue weighted by Crippen LogP contribution is -2.36. The number of nitrogens with one attached hydrogen (secondary N) is 2. The Kier molecular flexibility index (Phi) is 6.07. The fourth-order valence-corrected chi connectivity index (χ4v) is 3.08. The number of pyridine rings is 1. The smallest absolute Gasteiger partial charge is 0.253 e. The zero-order valence-corrected chi connectivity index (χ0v) is 15.1. The van der Waals surface area contributed by atoms with Crippen LogP contribution in [0.2, 0.25) is 5.02 Å². The molecule has 0 atom stereocenters. The van der Waals surface area contributed by atoms with Crippen LogP contribution < -0.4 is 15.5 Å². The molecule has 2 heterocycles. The Balaban J connectivity index is 1.47. The first-order chi connectivity index (χ1) is 12.6. The monoisotopic (exact) mass is 372 g/mol. The van der Waals surface area contributed by atoms with E-state index in [4.69, 9.17) is 11.6 Å². The van der Waals surface area contributed by atoms with Gasteiger partial charge in [-0.15, -0.1) is 0 Å². The number of amides is 2. The van der Waals surface area contributed by atoms with Gasteiger partial charge in [-0.25, -0.2) is 4.98 Å². The fourth-order valence-electron chi connectivity index (χ4n) is 2.85. The van der Waals surface area contributed by atoms with Gasteiger partial charge in [0.25, 0.3) is 5.91 Å². The molecular formula is C19H21ClN4O2. The molecule has 2 amide bonds. The van der Waals surface area contributed by atoms with E-state index in [-0.39, 0.29) is 18.4 Å². The van der Waals surface area contributed by atoms with Crippen LogP contribution in [0.25, 0.3) is 0 Å². The van der Waals surface area contributed by atoms with E-state index < -0.39 is 0 Å². The van der Waals surface area contributed by atoms with Gasteiger partial charge in [0, 0.05) is 25.8 Å². The van der Waals surface area contributed by atoms with Gasteiger partial charge in [0.05, 0.1) is 17.1 Å². The molecule has 26 heavy (non-hydrogen) atoms. The van der Waals surface area contributed by atoms with E-state index in [0.29, 0.717) is 17.1 Å². The van der Waals surface area contributed by atoms with Gasteiger partial charge in [-0.1, -0.05) is 23.7 Å². The fraction of sp³-hybridized carbons (Fsp3) is 0.316. The number of halogens is 1. The summed E-state index contributed by atoms with van der Waals surface area (Å²) in [7, 11) is 0. The third-order valence-corrected chi connectivity index (χ3v) is 4.59. The maximum Gasteiger partial charge on any atom is 0.253 e. The molecule has 0 aliphatic carbocycles. The molecule has 0 saturated carbocycles. The second kappa shape index (κ2) is 8.67. The van der Waals surface area contributed by atoms with Crippen molar-refractivity contribution < 1.29 is 9.59 Å². The van der Waals surface area contributed by atoms with E-state index in [1.807, 2.05) is 12.1 Å². The van der Waals surface area contributed by atoms with E-state index in [1.54, 1.807) is 30.5 Å². The summed E-state index contributed by atoms with van der Waals surface area (Å²) in [5, 5.41) is 5.74. The van der Waals surface area contributed by atoms with Crippen LogP contribution in [0.4, 0.5) is 5.82 Å². The minimum atomic E-state index is -0.369. The van der Waals surface area contributed by atoms with Crippen LogP contribution in [0.1, 0.15) is 28.8 Å². The SMILES string of the molecule is O=C(CNC(=O)c1ccccc1Cl)NCc1ccnc(N2CCCC2)c1. The molecule has 136 valence electrons. The number of aromatic nitrogens is 1. The number of benzene rings is 1. The summed E-state index contributed by atoms with van der Waals surface area (Å²) in [4.78, 5) is 30.7. The second-order valence-electron chi connectivity index (χ2n) is 6.16. The summed E-state index contributed by atoms with van der Waals surface area (Å²) in [5.41, 5.74) is 1.33. The first-order valence-corrected chi connectivity index (χ1v) is 9.00. The number of carbonyl (C=O) groups excluding carboxylic acids is 2. The zero-order chi connectivity index (χ0) is 18.4. The van der Waals surface area contributed by atoms with Crippen molar-refractivity contribution in [1.29, 1.82) is 0 Å². The van der Waals surface area contributed by atoms with E-state index in [1.165, 1.54) is 12.8 Å². The summed E-state index contributed by atoms with van der Waals surface area (Å²) >= 11 is 5.97. The first-order valence-electron chi connectivity index (χ1n) is 8.63. The number of hydrogen-bond donors (Lipinski definition) is 2. The van der Waals surface area contributed by atoms with Gasteiger partial charge < -0.3 is 15.5 Å². The topological polar surface area (TPSA) is 74.3 Å². The van der Waals surface area contributed by atoms with Crippen LogP contribution in [0, 0.1) is 0 Å². The highest BCUT2D eigenvalue weighted by molar-refractivity contribution is 6.33. The molecule has 1 fully saturated rings. The molecule has 1 saturated heterocycles. The molecule has 0 bridgehead atoms. The lowest BCUT2D eigenvalue weighted by atomic mass is 10.2. The predicted molar refractivity (Wildman–Crippen MR) is 101 cm³/mol. The van der Waals surface area contributed by atoms with Gasteiger partial charge in [-0.3, -0.25) is 9.59 Å². The van der Waals surface area contributed by atoms with Crippen molar-refractivity contribution in [3.63, 3.8) is 0 Å². The van der Waals surface area contributed by atoms with Crippen LogP contribution in [0.15, 0.2) is 42.6 Å². The number of carbonyl (C=O) groups is 2. The Morgan fingerprint density at radius 3 is 2.65 bits per heavy atom. The summed E-state index contributed by atoms with van der Waals surface area (Å²) in [6, 6.07) is 10.6. The molecule has 2 N–H and O–H groups in total. The average molecular weight is 373 g/mol. The number of rotatable bonds is 6. The van der Waals surface area contributed by atoms with Crippen molar-refractivity contribution in [3.05, 3.63) is 58.7 Å². The van der Waals surface area contributed by atoms with Crippen LogP contribution in [-0.4, -0.2) is 36.4 Å². The molecule has 6 nitrogen and oxygen atoms in total. The standard InChI is InChI=1S/C19H21ClN4O2/c20-16-6-2-1-5-15(16)19(26)23-13-18(25)22-12-14-7-8-21-17(11-14)24-9-3-4-10-24/h1-2,5-8,11H,3-4,9-10,12-13H2,(H,22,25)(H,23,26).